The van der Waals surface area contributed by atoms with Gasteiger partial charge in [-0.3, -0.25) is 9.59 Å². The Kier molecular flexibility index (Phi) is 5.23. The Morgan fingerprint density at radius 2 is 1.88 bits per heavy atom. The Balaban J connectivity index is 1.74. The average Bonchev–Trinajstić information content (AvgIpc) is 2.95. The Morgan fingerprint density at radius 1 is 1.12 bits per heavy atom. The summed E-state index contributed by atoms with van der Waals surface area (Å²) in [5.74, 6) is -0.770. The molecule has 1 fully saturated rings. The van der Waals surface area contributed by atoms with Crippen LogP contribution in [0.5, 0.6) is 0 Å². The van der Waals surface area contributed by atoms with Crippen molar-refractivity contribution in [3.63, 3.8) is 0 Å². The minimum absolute atomic E-state index is 0.0975. The molecule has 130 valence electrons. The van der Waals surface area contributed by atoms with Crippen LogP contribution in [0.4, 0.5) is 11.4 Å². The molecule has 25 heavy (non-hydrogen) atoms. The third kappa shape index (κ3) is 3.92. The molecule has 0 bridgehead atoms. The number of amides is 2. The molecule has 1 atom stereocenters. The van der Waals surface area contributed by atoms with Crippen LogP contribution in [0.3, 0.4) is 0 Å². The molecule has 3 rings (SSSR count). The van der Waals surface area contributed by atoms with Crippen molar-refractivity contribution < 1.29 is 9.59 Å². The summed E-state index contributed by atoms with van der Waals surface area (Å²) in [5, 5.41) is 4.11. The van der Waals surface area contributed by atoms with E-state index in [0.29, 0.717) is 27.3 Å². The van der Waals surface area contributed by atoms with Gasteiger partial charge in [0.05, 0.1) is 16.0 Å². The van der Waals surface area contributed by atoms with Crippen LogP contribution >= 0.6 is 34.8 Å². The van der Waals surface area contributed by atoms with Crippen molar-refractivity contribution in [1.82, 2.24) is 0 Å². The molecule has 1 N–H and O–H groups in total. The van der Waals surface area contributed by atoms with Gasteiger partial charge in [0.15, 0.2) is 0 Å². The second kappa shape index (κ2) is 7.24. The van der Waals surface area contributed by atoms with Crippen molar-refractivity contribution >= 4 is 58.0 Å². The molecule has 0 aliphatic carbocycles. The molecule has 0 radical (unpaired) electrons. The van der Waals surface area contributed by atoms with Gasteiger partial charge in [-0.25, -0.2) is 0 Å². The minimum Gasteiger partial charge on any atom is -0.326 e. The first-order valence-electron chi connectivity index (χ1n) is 7.67. The minimum atomic E-state index is -0.444. The molecule has 1 heterocycles. The summed E-state index contributed by atoms with van der Waals surface area (Å²) in [7, 11) is 0. The second-order valence-corrected chi connectivity index (χ2v) is 7.21. The fraction of sp³-hybridized carbons (Fsp3) is 0.222. The molecule has 1 aliphatic rings. The highest BCUT2D eigenvalue weighted by atomic mass is 35.5. The predicted molar refractivity (Wildman–Crippen MR) is 102 cm³/mol. The molecule has 0 saturated carbocycles. The largest absolute Gasteiger partial charge is 0.326 e. The van der Waals surface area contributed by atoms with Gasteiger partial charge in [0.2, 0.25) is 11.8 Å². The topological polar surface area (TPSA) is 49.4 Å². The van der Waals surface area contributed by atoms with Gasteiger partial charge in [0.25, 0.3) is 0 Å². The Hall–Kier alpha value is -1.75. The summed E-state index contributed by atoms with van der Waals surface area (Å²) in [4.78, 5) is 26.5. The molecule has 0 aromatic heterocycles. The van der Waals surface area contributed by atoms with Crippen molar-refractivity contribution in [3.8, 4) is 0 Å². The molecule has 4 nitrogen and oxygen atoms in total. The first-order valence-corrected chi connectivity index (χ1v) is 8.81. The standard InChI is InChI=1S/C18H15Cl3N2O2/c1-10-2-3-12(19)7-16(10)23-9-11(6-17(23)24)18(25)22-13-4-5-14(20)15(21)8-13/h2-5,7-8,11H,6,9H2,1H3,(H,22,25). The number of halogens is 3. The van der Waals surface area contributed by atoms with Crippen LogP contribution < -0.4 is 10.2 Å². The number of nitrogens with one attached hydrogen (secondary N) is 1. The molecule has 1 saturated heterocycles. The first-order chi connectivity index (χ1) is 11.8. The van der Waals surface area contributed by atoms with Gasteiger partial charge in [0.1, 0.15) is 0 Å². The summed E-state index contributed by atoms with van der Waals surface area (Å²) in [6.45, 7) is 2.22. The smallest absolute Gasteiger partial charge is 0.229 e. The molecule has 7 heteroatoms. The number of benzene rings is 2. The van der Waals surface area contributed by atoms with E-state index >= 15 is 0 Å². The van der Waals surface area contributed by atoms with Gasteiger partial charge in [0, 0.05) is 29.4 Å². The highest BCUT2D eigenvalue weighted by molar-refractivity contribution is 6.42. The predicted octanol–water partition coefficient (Wildman–Crippen LogP) is 4.95. The molecule has 2 amide bonds. The molecule has 1 aliphatic heterocycles. The number of carbonyl (C=O) groups is 2. The van der Waals surface area contributed by atoms with E-state index in [9.17, 15) is 9.59 Å². The third-order valence-corrected chi connectivity index (χ3v) is 5.12. The number of carbonyl (C=O) groups excluding carboxylic acids is 2. The second-order valence-electron chi connectivity index (χ2n) is 5.95. The zero-order valence-corrected chi connectivity index (χ0v) is 15.6. The quantitative estimate of drug-likeness (QED) is 0.797. The van der Waals surface area contributed by atoms with Crippen molar-refractivity contribution in [2.75, 3.05) is 16.8 Å². The highest BCUT2D eigenvalue weighted by Gasteiger charge is 2.35. The van der Waals surface area contributed by atoms with Crippen LogP contribution in [0.25, 0.3) is 0 Å². The lowest BCUT2D eigenvalue weighted by Crippen LogP contribution is -2.28. The number of nitrogens with zero attached hydrogens (tertiary/aromatic N) is 1. The summed E-state index contributed by atoms with van der Waals surface area (Å²) < 4.78 is 0. The number of hydrogen-bond donors (Lipinski definition) is 1. The maximum atomic E-state index is 12.5. The van der Waals surface area contributed by atoms with Crippen LogP contribution in [0.1, 0.15) is 12.0 Å². The van der Waals surface area contributed by atoms with E-state index in [2.05, 4.69) is 5.32 Å². The van der Waals surface area contributed by atoms with E-state index in [1.54, 1.807) is 35.2 Å². The monoisotopic (exact) mass is 396 g/mol. The Bertz CT molecular complexity index is 854. The van der Waals surface area contributed by atoms with Gasteiger partial charge < -0.3 is 10.2 Å². The lowest BCUT2D eigenvalue weighted by molar-refractivity contribution is -0.122. The van der Waals surface area contributed by atoms with Crippen LogP contribution in [-0.2, 0) is 9.59 Å². The SMILES string of the molecule is Cc1ccc(Cl)cc1N1CC(C(=O)Nc2ccc(Cl)c(Cl)c2)CC1=O. The van der Waals surface area contributed by atoms with Gasteiger partial charge in [-0.1, -0.05) is 40.9 Å². The fourth-order valence-electron chi connectivity index (χ4n) is 2.81. The number of aryl methyl sites for hydroxylation is 1. The summed E-state index contributed by atoms with van der Waals surface area (Å²) in [5.41, 5.74) is 2.22. The summed E-state index contributed by atoms with van der Waals surface area (Å²) >= 11 is 17.9. The molecule has 2 aromatic carbocycles. The van der Waals surface area contributed by atoms with Crippen molar-refractivity contribution in [1.29, 1.82) is 0 Å². The van der Waals surface area contributed by atoms with Crippen molar-refractivity contribution in [2.45, 2.75) is 13.3 Å². The van der Waals surface area contributed by atoms with Gasteiger partial charge >= 0.3 is 0 Å². The maximum Gasteiger partial charge on any atom is 0.229 e. The lowest BCUT2D eigenvalue weighted by atomic mass is 10.1. The van der Waals surface area contributed by atoms with E-state index in [1.807, 2.05) is 13.0 Å². The molecule has 2 aromatic rings. The molecule has 1 unspecified atom stereocenters. The van der Waals surface area contributed by atoms with E-state index < -0.39 is 5.92 Å². The summed E-state index contributed by atoms with van der Waals surface area (Å²) in [6.07, 6.45) is 0.152. The van der Waals surface area contributed by atoms with Gasteiger partial charge in [-0.2, -0.15) is 0 Å². The van der Waals surface area contributed by atoms with Gasteiger partial charge in [-0.05, 0) is 42.8 Å². The van der Waals surface area contributed by atoms with Crippen LogP contribution in [0, 0.1) is 12.8 Å². The van der Waals surface area contributed by atoms with E-state index in [-0.39, 0.29) is 18.2 Å². The maximum absolute atomic E-state index is 12.5. The first kappa shape index (κ1) is 18.1. The van der Waals surface area contributed by atoms with Crippen LogP contribution in [0.15, 0.2) is 36.4 Å². The Morgan fingerprint density at radius 3 is 2.60 bits per heavy atom. The van der Waals surface area contributed by atoms with E-state index in [1.165, 1.54) is 0 Å². The molecular weight excluding hydrogens is 383 g/mol. The number of hydrogen-bond acceptors (Lipinski definition) is 2. The van der Waals surface area contributed by atoms with E-state index in [0.717, 1.165) is 11.3 Å². The normalized spacial score (nSPS) is 17.0. The zero-order valence-electron chi connectivity index (χ0n) is 13.4. The van der Waals surface area contributed by atoms with Crippen LogP contribution in [-0.4, -0.2) is 18.4 Å². The molecular formula is C18H15Cl3N2O2. The van der Waals surface area contributed by atoms with Crippen molar-refractivity contribution in [3.05, 3.63) is 57.0 Å². The third-order valence-electron chi connectivity index (χ3n) is 4.14. The fourth-order valence-corrected chi connectivity index (χ4v) is 3.27. The van der Waals surface area contributed by atoms with E-state index in [4.69, 9.17) is 34.8 Å². The average molecular weight is 398 g/mol. The molecule has 0 spiro atoms. The Labute approximate surface area is 160 Å². The van der Waals surface area contributed by atoms with Crippen LogP contribution in [0.2, 0.25) is 15.1 Å². The lowest BCUT2D eigenvalue weighted by Gasteiger charge is -2.19. The number of rotatable bonds is 3. The van der Waals surface area contributed by atoms with Gasteiger partial charge in [-0.15, -0.1) is 0 Å². The van der Waals surface area contributed by atoms with Crippen molar-refractivity contribution in [2.24, 2.45) is 5.92 Å². The number of anilines is 2. The summed E-state index contributed by atoms with van der Waals surface area (Å²) in [6, 6.07) is 10.2. The highest BCUT2D eigenvalue weighted by Crippen LogP contribution is 2.31. The zero-order chi connectivity index (χ0) is 18.1.